The Bertz CT molecular complexity index is 845. The van der Waals surface area contributed by atoms with Crippen molar-refractivity contribution >= 4 is 16.2 Å². The summed E-state index contributed by atoms with van der Waals surface area (Å²) in [6, 6.07) is 13.9. The standard InChI is InChI=1S/C16H12N2OS/c1-10-8-11(2)18-15(19)14(12-6-4-3-5-7-12)20-16(18)13(10)9-17/h3-8H,1-2H3/p+1. The van der Waals surface area contributed by atoms with Crippen molar-refractivity contribution in [2.24, 2.45) is 0 Å². The molecule has 0 radical (unpaired) electrons. The zero-order valence-corrected chi connectivity index (χ0v) is 12.0. The number of hydrogen-bond donors (Lipinski definition) is 1. The summed E-state index contributed by atoms with van der Waals surface area (Å²) in [5.41, 5.74) is 3.44. The number of benzene rings is 1. The van der Waals surface area contributed by atoms with Crippen LogP contribution in [0, 0.1) is 25.2 Å². The molecule has 0 spiro atoms. The number of rotatable bonds is 1. The molecule has 0 saturated carbocycles. The van der Waals surface area contributed by atoms with Crippen molar-refractivity contribution < 1.29 is 9.51 Å². The molecule has 1 N–H and O–H groups in total. The van der Waals surface area contributed by atoms with Gasteiger partial charge < -0.3 is 5.11 Å². The molecule has 4 heteroatoms. The molecular weight excluding hydrogens is 268 g/mol. The molecule has 0 bridgehead atoms. The summed E-state index contributed by atoms with van der Waals surface area (Å²) < 4.78 is 1.75. The molecule has 20 heavy (non-hydrogen) atoms. The van der Waals surface area contributed by atoms with Crippen LogP contribution >= 0.6 is 11.3 Å². The number of nitriles is 1. The normalized spacial score (nSPS) is 10.7. The summed E-state index contributed by atoms with van der Waals surface area (Å²) in [5.74, 6) is 0.199. The van der Waals surface area contributed by atoms with Crippen molar-refractivity contribution in [1.29, 1.82) is 5.26 Å². The molecule has 0 unspecified atom stereocenters. The smallest absolute Gasteiger partial charge is 0.390 e. The van der Waals surface area contributed by atoms with E-state index >= 15 is 0 Å². The average Bonchev–Trinajstić information content (AvgIpc) is 2.78. The zero-order valence-electron chi connectivity index (χ0n) is 11.2. The van der Waals surface area contributed by atoms with Crippen LogP contribution in [-0.2, 0) is 0 Å². The largest absolute Gasteiger partial charge is 0.458 e. The van der Waals surface area contributed by atoms with Crippen LogP contribution in [0.2, 0.25) is 0 Å². The van der Waals surface area contributed by atoms with Crippen molar-refractivity contribution in [3.63, 3.8) is 0 Å². The molecule has 0 atom stereocenters. The zero-order chi connectivity index (χ0) is 14.3. The Morgan fingerprint density at radius 1 is 1.20 bits per heavy atom. The molecule has 0 fully saturated rings. The van der Waals surface area contributed by atoms with E-state index in [1.807, 2.05) is 50.2 Å². The molecule has 0 aliphatic heterocycles. The van der Waals surface area contributed by atoms with E-state index in [-0.39, 0.29) is 5.88 Å². The predicted octanol–water partition coefficient (Wildman–Crippen LogP) is 3.35. The number of aromatic hydroxyl groups is 1. The number of hydrogen-bond acceptors (Lipinski definition) is 3. The monoisotopic (exact) mass is 281 g/mol. The molecule has 0 amide bonds. The minimum atomic E-state index is 0.199. The van der Waals surface area contributed by atoms with E-state index < -0.39 is 0 Å². The number of aromatic nitrogens is 1. The highest BCUT2D eigenvalue weighted by atomic mass is 32.1. The lowest BCUT2D eigenvalue weighted by Gasteiger charge is -1.96. The van der Waals surface area contributed by atoms with Gasteiger partial charge in [0.25, 0.3) is 4.83 Å². The molecule has 3 nitrogen and oxygen atoms in total. The first-order chi connectivity index (χ1) is 9.63. The first-order valence-electron chi connectivity index (χ1n) is 6.26. The maximum absolute atomic E-state index is 10.5. The lowest BCUT2D eigenvalue weighted by molar-refractivity contribution is -0.525. The first kappa shape index (κ1) is 12.6. The SMILES string of the molecule is Cc1cc(C)[n+]2c(O)c(-c3ccccc3)sc2c1C#N. The van der Waals surface area contributed by atoms with Crippen molar-refractivity contribution in [3.8, 4) is 22.4 Å². The van der Waals surface area contributed by atoms with Crippen LogP contribution < -0.4 is 4.40 Å². The van der Waals surface area contributed by atoms with Crippen LogP contribution in [0.5, 0.6) is 5.88 Å². The topological polar surface area (TPSA) is 48.1 Å². The lowest BCUT2D eigenvalue weighted by Crippen LogP contribution is -2.24. The summed E-state index contributed by atoms with van der Waals surface area (Å²) in [4.78, 5) is 1.58. The van der Waals surface area contributed by atoms with Gasteiger partial charge in [-0.2, -0.15) is 5.26 Å². The van der Waals surface area contributed by atoms with E-state index in [0.29, 0.717) is 5.56 Å². The maximum Gasteiger partial charge on any atom is 0.390 e. The Labute approximate surface area is 121 Å². The van der Waals surface area contributed by atoms with E-state index in [2.05, 4.69) is 6.07 Å². The van der Waals surface area contributed by atoms with Gasteiger partial charge in [0.2, 0.25) is 0 Å². The van der Waals surface area contributed by atoms with Crippen LogP contribution in [0.1, 0.15) is 16.8 Å². The van der Waals surface area contributed by atoms with Crippen molar-refractivity contribution in [1.82, 2.24) is 0 Å². The number of fused-ring (bicyclic) bond motifs is 1. The molecular formula is C16H13N2OS+. The number of nitrogens with zero attached hydrogens (tertiary/aromatic N) is 2. The molecule has 0 saturated heterocycles. The Balaban J connectivity index is 2.42. The second kappa shape index (κ2) is 4.62. The van der Waals surface area contributed by atoms with Gasteiger partial charge in [0.1, 0.15) is 11.6 Å². The summed E-state index contributed by atoms with van der Waals surface area (Å²) in [6.07, 6.45) is 0. The van der Waals surface area contributed by atoms with Crippen LogP contribution in [0.15, 0.2) is 36.4 Å². The second-order valence-electron chi connectivity index (χ2n) is 4.72. The Hall–Kier alpha value is -2.38. The van der Waals surface area contributed by atoms with E-state index in [4.69, 9.17) is 0 Å². The predicted molar refractivity (Wildman–Crippen MR) is 78.8 cm³/mol. The molecule has 0 aliphatic carbocycles. The van der Waals surface area contributed by atoms with Gasteiger partial charge in [0.05, 0.1) is 0 Å². The van der Waals surface area contributed by atoms with Crippen LogP contribution in [0.4, 0.5) is 0 Å². The molecule has 2 aromatic heterocycles. The van der Waals surface area contributed by atoms with Gasteiger partial charge in [-0.25, -0.2) is 0 Å². The van der Waals surface area contributed by atoms with E-state index in [1.165, 1.54) is 11.3 Å². The molecule has 3 aromatic rings. The molecule has 0 aliphatic rings. The third-order valence-electron chi connectivity index (χ3n) is 3.35. The number of thiazole rings is 1. The summed E-state index contributed by atoms with van der Waals surface area (Å²) >= 11 is 1.45. The maximum atomic E-state index is 10.5. The Morgan fingerprint density at radius 3 is 2.55 bits per heavy atom. The van der Waals surface area contributed by atoms with E-state index in [0.717, 1.165) is 26.5 Å². The number of aryl methyl sites for hydroxylation is 2. The lowest BCUT2D eigenvalue weighted by atomic mass is 10.1. The fourth-order valence-electron chi connectivity index (χ4n) is 2.41. The van der Waals surface area contributed by atoms with Gasteiger partial charge in [-0.05, 0) is 12.5 Å². The summed E-state index contributed by atoms with van der Waals surface area (Å²) in [5, 5.41) is 19.8. The van der Waals surface area contributed by atoms with Crippen LogP contribution in [0.3, 0.4) is 0 Å². The van der Waals surface area contributed by atoms with Gasteiger partial charge in [-0.15, -0.1) is 4.40 Å². The minimum absolute atomic E-state index is 0.199. The highest BCUT2D eigenvalue weighted by Crippen LogP contribution is 2.35. The van der Waals surface area contributed by atoms with Crippen LogP contribution in [-0.4, -0.2) is 5.11 Å². The second-order valence-corrected chi connectivity index (χ2v) is 5.72. The van der Waals surface area contributed by atoms with Crippen molar-refractivity contribution in [3.05, 3.63) is 53.2 Å². The van der Waals surface area contributed by atoms with E-state index in [9.17, 15) is 10.4 Å². The van der Waals surface area contributed by atoms with Crippen molar-refractivity contribution in [2.45, 2.75) is 13.8 Å². The van der Waals surface area contributed by atoms with E-state index in [1.54, 1.807) is 4.40 Å². The minimum Gasteiger partial charge on any atom is -0.458 e. The number of pyridine rings is 1. The summed E-state index contributed by atoms with van der Waals surface area (Å²) in [6.45, 7) is 3.85. The molecule has 2 heterocycles. The van der Waals surface area contributed by atoms with Gasteiger partial charge >= 0.3 is 5.88 Å². The van der Waals surface area contributed by atoms with Gasteiger partial charge in [-0.1, -0.05) is 41.7 Å². The van der Waals surface area contributed by atoms with Gasteiger partial charge in [0, 0.05) is 18.6 Å². The first-order valence-corrected chi connectivity index (χ1v) is 7.08. The molecule has 98 valence electrons. The fraction of sp³-hybridized carbons (Fsp3) is 0.125. The average molecular weight is 281 g/mol. The van der Waals surface area contributed by atoms with Gasteiger partial charge in [-0.3, -0.25) is 0 Å². The quantitative estimate of drug-likeness (QED) is 0.695. The summed E-state index contributed by atoms with van der Waals surface area (Å²) in [7, 11) is 0. The third kappa shape index (κ3) is 1.75. The highest BCUT2D eigenvalue weighted by molar-refractivity contribution is 7.20. The third-order valence-corrected chi connectivity index (χ3v) is 4.55. The Kier molecular flexibility index (Phi) is 2.92. The van der Waals surface area contributed by atoms with Crippen molar-refractivity contribution in [2.75, 3.05) is 0 Å². The highest BCUT2D eigenvalue weighted by Gasteiger charge is 2.27. The Morgan fingerprint density at radius 2 is 1.90 bits per heavy atom. The van der Waals surface area contributed by atoms with Crippen LogP contribution in [0.25, 0.3) is 15.3 Å². The van der Waals surface area contributed by atoms with Gasteiger partial charge in [0.15, 0.2) is 10.6 Å². The fourth-order valence-corrected chi connectivity index (χ4v) is 3.67. The molecule has 1 aromatic carbocycles. The molecule has 3 rings (SSSR count).